The Labute approximate surface area is 120 Å². The molecule has 1 heterocycles. The highest BCUT2D eigenvalue weighted by Crippen LogP contribution is 2.31. The number of hydrogen-bond acceptors (Lipinski definition) is 4. The third kappa shape index (κ3) is 2.87. The Kier molecular flexibility index (Phi) is 4.04. The van der Waals surface area contributed by atoms with Crippen LogP contribution in [0.2, 0.25) is 0 Å². The number of carbonyl (C=O) groups excluding carboxylic acids is 1. The number of carbonyl (C=O) groups is 1. The molecule has 1 aromatic rings. The molecule has 100 valence electrons. The van der Waals surface area contributed by atoms with Crippen LogP contribution in [-0.2, 0) is 4.79 Å². The maximum absolute atomic E-state index is 12.1. The zero-order chi connectivity index (χ0) is 14.0. The number of nitrogens with zero attached hydrogens (tertiary/aromatic N) is 1. The fourth-order valence-corrected chi connectivity index (χ4v) is 2.40. The molecule has 1 aromatic carbocycles. The smallest absolute Gasteiger partial charge is 0.193 e. The summed E-state index contributed by atoms with van der Waals surface area (Å²) in [6, 6.07) is 7.46. The Morgan fingerprint density at radius 3 is 2.63 bits per heavy atom. The molecular weight excluding hydrogens is 306 g/mol. The van der Waals surface area contributed by atoms with E-state index in [9.17, 15) is 4.79 Å². The maximum atomic E-state index is 12.1. The van der Waals surface area contributed by atoms with Crippen LogP contribution in [0.5, 0.6) is 0 Å². The number of allylic oxidation sites excluding steroid dienone is 1. The van der Waals surface area contributed by atoms with Crippen LogP contribution in [0.3, 0.4) is 0 Å². The summed E-state index contributed by atoms with van der Waals surface area (Å²) in [4.78, 5) is 16.5. The molecule has 0 amide bonds. The SMILES string of the molecule is CCC(=O)C1=C(C)NC(N)=NC1c1ccc(Br)cc1. The van der Waals surface area contributed by atoms with Crippen LogP contribution in [0.1, 0.15) is 31.9 Å². The first-order chi connectivity index (χ1) is 9.02. The van der Waals surface area contributed by atoms with Gasteiger partial charge < -0.3 is 11.1 Å². The fraction of sp³-hybridized carbons (Fsp3) is 0.286. The van der Waals surface area contributed by atoms with Crippen molar-refractivity contribution in [2.24, 2.45) is 10.7 Å². The lowest BCUT2D eigenvalue weighted by molar-refractivity contribution is -0.115. The Morgan fingerprint density at radius 2 is 2.05 bits per heavy atom. The molecule has 0 aromatic heterocycles. The highest BCUT2D eigenvalue weighted by atomic mass is 79.9. The molecule has 3 N–H and O–H groups in total. The minimum Gasteiger partial charge on any atom is -0.370 e. The number of Topliss-reactive ketones (excluding diaryl/α,β-unsaturated/α-hetero) is 1. The van der Waals surface area contributed by atoms with Gasteiger partial charge in [0.2, 0.25) is 0 Å². The first kappa shape index (κ1) is 13.8. The summed E-state index contributed by atoms with van der Waals surface area (Å²) in [5.74, 6) is 0.437. The number of nitrogens with one attached hydrogen (secondary N) is 1. The molecular formula is C14H16BrN3O. The van der Waals surface area contributed by atoms with Crippen LogP contribution in [0.25, 0.3) is 0 Å². The third-order valence-electron chi connectivity index (χ3n) is 3.07. The largest absolute Gasteiger partial charge is 0.370 e. The monoisotopic (exact) mass is 321 g/mol. The average Bonchev–Trinajstić information content (AvgIpc) is 2.38. The van der Waals surface area contributed by atoms with Gasteiger partial charge in [-0.15, -0.1) is 0 Å². The molecule has 0 radical (unpaired) electrons. The summed E-state index contributed by atoms with van der Waals surface area (Å²) in [5.41, 5.74) is 8.21. The highest BCUT2D eigenvalue weighted by Gasteiger charge is 2.27. The van der Waals surface area contributed by atoms with Gasteiger partial charge in [-0.3, -0.25) is 4.79 Å². The van der Waals surface area contributed by atoms with Gasteiger partial charge in [-0.1, -0.05) is 35.0 Å². The quantitative estimate of drug-likeness (QED) is 0.899. The molecule has 0 saturated heterocycles. The summed E-state index contributed by atoms with van der Waals surface area (Å²) in [6.07, 6.45) is 0.455. The summed E-state index contributed by atoms with van der Waals surface area (Å²) in [6.45, 7) is 3.71. The van der Waals surface area contributed by atoms with Gasteiger partial charge in [0, 0.05) is 22.2 Å². The van der Waals surface area contributed by atoms with E-state index in [0.717, 1.165) is 15.7 Å². The topological polar surface area (TPSA) is 67.5 Å². The van der Waals surface area contributed by atoms with E-state index in [0.29, 0.717) is 18.0 Å². The molecule has 5 heteroatoms. The van der Waals surface area contributed by atoms with Crippen molar-refractivity contribution in [2.75, 3.05) is 0 Å². The number of ketones is 1. The van der Waals surface area contributed by atoms with Crippen LogP contribution >= 0.6 is 15.9 Å². The maximum Gasteiger partial charge on any atom is 0.193 e. The van der Waals surface area contributed by atoms with Gasteiger partial charge in [0.05, 0.1) is 0 Å². The Bertz CT molecular complexity index is 561. The standard InChI is InChI=1S/C14H16BrN3O/c1-3-11(19)12-8(2)17-14(16)18-13(12)9-4-6-10(15)7-5-9/h4-7,13H,3H2,1-2H3,(H3,16,17,18). The number of rotatable bonds is 3. The summed E-state index contributed by atoms with van der Waals surface area (Å²) in [5, 5.41) is 2.93. The van der Waals surface area contributed by atoms with Crippen LogP contribution in [-0.4, -0.2) is 11.7 Å². The first-order valence-electron chi connectivity index (χ1n) is 6.12. The van der Waals surface area contributed by atoms with Crippen molar-refractivity contribution in [3.8, 4) is 0 Å². The zero-order valence-corrected chi connectivity index (χ0v) is 12.5. The van der Waals surface area contributed by atoms with Crippen LogP contribution in [0.4, 0.5) is 0 Å². The molecule has 1 atom stereocenters. The van der Waals surface area contributed by atoms with E-state index in [1.54, 1.807) is 0 Å². The number of benzene rings is 1. The molecule has 2 rings (SSSR count). The van der Waals surface area contributed by atoms with Crippen molar-refractivity contribution in [2.45, 2.75) is 26.3 Å². The van der Waals surface area contributed by atoms with Crippen LogP contribution in [0, 0.1) is 0 Å². The van der Waals surface area contributed by atoms with Crippen molar-refractivity contribution in [3.05, 3.63) is 45.6 Å². The lowest BCUT2D eigenvalue weighted by atomic mass is 9.92. The summed E-state index contributed by atoms with van der Waals surface area (Å²) < 4.78 is 0.992. The predicted molar refractivity (Wildman–Crippen MR) is 79.6 cm³/mol. The van der Waals surface area contributed by atoms with E-state index >= 15 is 0 Å². The third-order valence-corrected chi connectivity index (χ3v) is 3.60. The molecule has 1 unspecified atom stereocenters. The van der Waals surface area contributed by atoms with Gasteiger partial charge in [0.1, 0.15) is 6.04 Å². The lowest BCUT2D eigenvalue weighted by Gasteiger charge is -2.24. The minimum atomic E-state index is -0.318. The Hall–Kier alpha value is -1.62. The molecule has 0 spiro atoms. The number of hydrogen-bond donors (Lipinski definition) is 2. The predicted octanol–water partition coefficient (Wildman–Crippen LogP) is 2.66. The molecule has 1 aliphatic heterocycles. The molecule has 0 fully saturated rings. The number of nitrogens with two attached hydrogens (primary N) is 1. The fourth-order valence-electron chi connectivity index (χ4n) is 2.14. The molecule has 0 aliphatic carbocycles. The Balaban J connectivity index is 2.47. The second-order valence-electron chi connectivity index (χ2n) is 4.41. The molecule has 0 saturated carbocycles. The summed E-state index contributed by atoms with van der Waals surface area (Å²) >= 11 is 3.40. The lowest BCUT2D eigenvalue weighted by Crippen LogP contribution is -2.36. The van der Waals surface area contributed by atoms with Crippen molar-refractivity contribution in [1.82, 2.24) is 5.32 Å². The molecule has 4 nitrogen and oxygen atoms in total. The van der Waals surface area contributed by atoms with Crippen molar-refractivity contribution in [1.29, 1.82) is 0 Å². The minimum absolute atomic E-state index is 0.0918. The first-order valence-corrected chi connectivity index (χ1v) is 6.92. The average molecular weight is 322 g/mol. The number of aliphatic imine (C=N–C) groups is 1. The van der Waals surface area contributed by atoms with E-state index < -0.39 is 0 Å². The number of guanidine groups is 1. The van der Waals surface area contributed by atoms with E-state index in [4.69, 9.17) is 5.73 Å². The van der Waals surface area contributed by atoms with Crippen molar-refractivity contribution >= 4 is 27.7 Å². The highest BCUT2D eigenvalue weighted by molar-refractivity contribution is 9.10. The second kappa shape index (κ2) is 5.57. The van der Waals surface area contributed by atoms with Crippen molar-refractivity contribution < 1.29 is 4.79 Å². The van der Waals surface area contributed by atoms with E-state index in [1.165, 1.54) is 0 Å². The van der Waals surface area contributed by atoms with Gasteiger partial charge in [0.15, 0.2) is 11.7 Å². The van der Waals surface area contributed by atoms with Crippen LogP contribution in [0.15, 0.2) is 45.0 Å². The van der Waals surface area contributed by atoms with Gasteiger partial charge >= 0.3 is 0 Å². The van der Waals surface area contributed by atoms with Gasteiger partial charge in [-0.05, 0) is 24.6 Å². The van der Waals surface area contributed by atoms with Crippen molar-refractivity contribution in [3.63, 3.8) is 0 Å². The molecule has 19 heavy (non-hydrogen) atoms. The van der Waals surface area contributed by atoms with E-state index in [2.05, 4.69) is 26.2 Å². The van der Waals surface area contributed by atoms with E-state index in [-0.39, 0.29) is 11.8 Å². The van der Waals surface area contributed by atoms with Gasteiger partial charge in [-0.25, -0.2) is 4.99 Å². The van der Waals surface area contributed by atoms with E-state index in [1.807, 2.05) is 38.1 Å². The van der Waals surface area contributed by atoms with Gasteiger partial charge in [0.25, 0.3) is 0 Å². The normalized spacial score (nSPS) is 18.9. The zero-order valence-electron chi connectivity index (χ0n) is 10.9. The Morgan fingerprint density at radius 1 is 1.42 bits per heavy atom. The second-order valence-corrected chi connectivity index (χ2v) is 5.32. The molecule has 0 bridgehead atoms. The molecule has 1 aliphatic rings. The van der Waals surface area contributed by atoms with Crippen LogP contribution < -0.4 is 11.1 Å². The number of halogens is 1. The summed E-state index contributed by atoms with van der Waals surface area (Å²) in [7, 11) is 0. The van der Waals surface area contributed by atoms with Gasteiger partial charge in [-0.2, -0.15) is 0 Å².